The second-order valence-corrected chi connectivity index (χ2v) is 7.29. The molecule has 0 spiro atoms. The van der Waals surface area contributed by atoms with E-state index in [4.69, 9.17) is 9.47 Å². The Balaban J connectivity index is 1.69. The Labute approximate surface area is 195 Å². The van der Waals surface area contributed by atoms with Crippen LogP contribution in [0.25, 0.3) is 17.2 Å². The lowest BCUT2D eigenvalue weighted by atomic mass is 10.2. The van der Waals surface area contributed by atoms with Gasteiger partial charge in [-0.2, -0.15) is 9.78 Å². The number of nitrogens with one attached hydrogen (secondary N) is 3. The molecule has 2 aromatic heterocycles. The van der Waals surface area contributed by atoms with Gasteiger partial charge in [-0.05, 0) is 6.42 Å². The fraction of sp³-hybridized carbons (Fsp3) is 0.167. The molecule has 4 aromatic rings. The van der Waals surface area contributed by atoms with Crippen LogP contribution in [0.4, 0.5) is 16.3 Å². The zero-order valence-corrected chi connectivity index (χ0v) is 19.0. The van der Waals surface area contributed by atoms with E-state index in [1.807, 2.05) is 37.3 Å². The van der Waals surface area contributed by atoms with Gasteiger partial charge in [0, 0.05) is 47.3 Å². The van der Waals surface area contributed by atoms with Crippen LogP contribution in [0.5, 0.6) is 11.5 Å². The Morgan fingerprint density at radius 2 is 1.71 bits per heavy atom. The van der Waals surface area contributed by atoms with Crippen LogP contribution in [0.1, 0.15) is 12.6 Å². The molecule has 0 aliphatic heterocycles. The number of carbonyl (C=O) groups is 1. The number of amides is 2. The van der Waals surface area contributed by atoms with Crippen molar-refractivity contribution in [1.29, 1.82) is 0 Å². The van der Waals surface area contributed by atoms with Crippen LogP contribution in [-0.4, -0.2) is 40.0 Å². The normalized spacial score (nSPS) is 10.6. The molecule has 34 heavy (non-hydrogen) atoms. The maximum atomic E-state index is 12.9. The molecule has 0 bridgehead atoms. The van der Waals surface area contributed by atoms with Crippen LogP contribution in [-0.2, 0) is 6.42 Å². The Morgan fingerprint density at radius 1 is 1.00 bits per heavy atom. The summed E-state index contributed by atoms with van der Waals surface area (Å²) in [5.41, 5.74) is 2.22. The number of H-pyrrole nitrogens is 1. The van der Waals surface area contributed by atoms with Crippen molar-refractivity contribution >= 4 is 17.5 Å². The van der Waals surface area contributed by atoms with Gasteiger partial charge in [0.1, 0.15) is 17.3 Å². The number of aryl methyl sites for hydroxylation is 1. The summed E-state index contributed by atoms with van der Waals surface area (Å²) >= 11 is 0. The zero-order chi connectivity index (χ0) is 24.1. The molecule has 2 aromatic carbocycles. The first kappa shape index (κ1) is 22.6. The van der Waals surface area contributed by atoms with Crippen LogP contribution >= 0.6 is 0 Å². The van der Waals surface area contributed by atoms with E-state index in [-0.39, 0.29) is 11.5 Å². The first-order valence-electron chi connectivity index (χ1n) is 10.6. The van der Waals surface area contributed by atoms with Gasteiger partial charge in [0.2, 0.25) is 5.95 Å². The van der Waals surface area contributed by atoms with Gasteiger partial charge >= 0.3 is 6.03 Å². The average Bonchev–Trinajstić information content (AvgIpc) is 3.27. The van der Waals surface area contributed by atoms with Crippen molar-refractivity contribution in [2.75, 3.05) is 24.9 Å². The Kier molecular flexibility index (Phi) is 6.58. The third-order valence-electron chi connectivity index (χ3n) is 4.97. The summed E-state index contributed by atoms with van der Waals surface area (Å²) in [5.74, 6) is 1.58. The van der Waals surface area contributed by atoms with Crippen molar-refractivity contribution in [2.24, 2.45) is 0 Å². The summed E-state index contributed by atoms with van der Waals surface area (Å²) in [6.07, 6.45) is 0.574. The average molecular weight is 460 g/mol. The van der Waals surface area contributed by atoms with E-state index in [0.717, 1.165) is 5.56 Å². The number of aromatic amines is 1. The van der Waals surface area contributed by atoms with Crippen LogP contribution in [0.15, 0.2) is 65.5 Å². The van der Waals surface area contributed by atoms with Crippen LogP contribution < -0.4 is 25.7 Å². The first-order valence-corrected chi connectivity index (χ1v) is 10.6. The lowest BCUT2D eigenvalue weighted by molar-refractivity contribution is 0.262. The Bertz CT molecular complexity index is 1340. The molecule has 0 saturated heterocycles. The standard InChI is InChI=1S/C24H24N6O4/c1-4-16-12-22(31)28-23(25-16)30-21(14-20(29-30)15-8-6-5-7-9-15)27-24(32)26-17-10-18(33-2)13-19(11-17)34-3/h5-14H,4H2,1-3H3,(H,25,28,31)(H2,26,27,32). The summed E-state index contributed by atoms with van der Waals surface area (Å²) in [6, 6.07) is 17.1. The number of carbonyl (C=O) groups excluding carboxylic acids is 1. The maximum Gasteiger partial charge on any atom is 0.324 e. The van der Waals surface area contributed by atoms with Gasteiger partial charge in [-0.15, -0.1) is 0 Å². The Hall–Kier alpha value is -4.60. The van der Waals surface area contributed by atoms with E-state index >= 15 is 0 Å². The number of urea groups is 1. The van der Waals surface area contributed by atoms with Gasteiger partial charge in [0.05, 0.1) is 19.9 Å². The lowest BCUT2D eigenvalue weighted by Crippen LogP contribution is -2.23. The van der Waals surface area contributed by atoms with Crippen molar-refractivity contribution < 1.29 is 14.3 Å². The number of hydrogen-bond donors (Lipinski definition) is 3. The van der Waals surface area contributed by atoms with E-state index in [1.54, 1.807) is 24.3 Å². The maximum absolute atomic E-state index is 12.9. The molecule has 10 nitrogen and oxygen atoms in total. The third-order valence-corrected chi connectivity index (χ3v) is 4.97. The van der Waals surface area contributed by atoms with E-state index in [1.165, 1.54) is 25.0 Å². The number of hydrogen-bond acceptors (Lipinski definition) is 6. The molecule has 0 fully saturated rings. The van der Waals surface area contributed by atoms with E-state index in [2.05, 4.69) is 25.7 Å². The van der Waals surface area contributed by atoms with Crippen molar-refractivity contribution in [1.82, 2.24) is 19.7 Å². The molecule has 0 aliphatic carbocycles. The van der Waals surface area contributed by atoms with Gasteiger partial charge in [0.15, 0.2) is 0 Å². The van der Waals surface area contributed by atoms with Crippen LogP contribution in [0.2, 0.25) is 0 Å². The van der Waals surface area contributed by atoms with Crippen molar-refractivity contribution in [2.45, 2.75) is 13.3 Å². The molecule has 4 rings (SSSR count). The topological polar surface area (TPSA) is 123 Å². The number of benzene rings is 2. The molecule has 2 amide bonds. The fourth-order valence-corrected chi connectivity index (χ4v) is 3.32. The van der Waals surface area contributed by atoms with Crippen molar-refractivity contribution in [3.05, 3.63) is 76.7 Å². The minimum Gasteiger partial charge on any atom is -0.497 e. The highest BCUT2D eigenvalue weighted by Gasteiger charge is 2.16. The highest BCUT2D eigenvalue weighted by Crippen LogP contribution is 2.27. The highest BCUT2D eigenvalue weighted by atomic mass is 16.5. The second kappa shape index (κ2) is 9.90. The van der Waals surface area contributed by atoms with Gasteiger partial charge in [-0.25, -0.2) is 9.78 Å². The summed E-state index contributed by atoms with van der Waals surface area (Å²) in [6.45, 7) is 1.90. The van der Waals surface area contributed by atoms with Crippen molar-refractivity contribution in [3.63, 3.8) is 0 Å². The van der Waals surface area contributed by atoms with E-state index < -0.39 is 6.03 Å². The Morgan fingerprint density at radius 3 is 2.35 bits per heavy atom. The predicted octanol–water partition coefficient (Wildman–Crippen LogP) is 3.85. The molecule has 0 radical (unpaired) electrons. The number of methoxy groups -OCH3 is 2. The largest absolute Gasteiger partial charge is 0.497 e. The number of aromatic nitrogens is 4. The monoisotopic (exact) mass is 460 g/mol. The minimum absolute atomic E-state index is 0.199. The molecule has 10 heteroatoms. The highest BCUT2D eigenvalue weighted by molar-refractivity contribution is 6.00. The molecular weight excluding hydrogens is 436 g/mol. The number of ether oxygens (including phenoxy) is 2. The van der Waals surface area contributed by atoms with E-state index in [0.29, 0.717) is 40.8 Å². The van der Waals surface area contributed by atoms with Crippen molar-refractivity contribution in [3.8, 4) is 28.7 Å². The first-order chi connectivity index (χ1) is 16.5. The van der Waals surface area contributed by atoms with Crippen LogP contribution in [0.3, 0.4) is 0 Å². The molecule has 174 valence electrons. The summed E-state index contributed by atoms with van der Waals surface area (Å²) in [7, 11) is 3.06. The summed E-state index contributed by atoms with van der Waals surface area (Å²) < 4.78 is 11.9. The van der Waals surface area contributed by atoms with E-state index in [9.17, 15) is 9.59 Å². The molecular formula is C24H24N6O4. The number of nitrogens with zero attached hydrogens (tertiary/aromatic N) is 3. The number of rotatable bonds is 7. The van der Waals surface area contributed by atoms with Gasteiger partial charge in [-0.3, -0.25) is 15.1 Å². The molecule has 3 N–H and O–H groups in total. The smallest absolute Gasteiger partial charge is 0.324 e. The van der Waals surface area contributed by atoms with Gasteiger partial charge < -0.3 is 14.8 Å². The summed E-state index contributed by atoms with van der Waals surface area (Å²) in [4.78, 5) is 32.2. The molecule has 2 heterocycles. The number of anilines is 2. The predicted molar refractivity (Wildman–Crippen MR) is 129 cm³/mol. The molecule has 0 atom stereocenters. The summed E-state index contributed by atoms with van der Waals surface area (Å²) in [5, 5.41) is 10.1. The van der Waals surface area contributed by atoms with Gasteiger partial charge in [0.25, 0.3) is 5.56 Å². The minimum atomic E-state index is -0.523. The second-order valence-electron chi connectivity index (χ2n) is 7.29. The molecule has 0 unspecified atom stereocenters. The fourth-order valence-electron chi connectivity index (χ4n) is 3.32. The lowest BCUT2D eigenvalue weighted by Gasteiger charge is -2.12. The molecule has 0 aliphatic rings. The molecule has 0 saturated carbocycles. The SMILES string of the molecule is CCc1cc(=O)[nH]c(-n2nc(-c3ccccc3)cc2NC(=O)Nc2cc(OC)cc(OC)c2)n1. The quantitative estimate of drug-likeness (QED) is 0.385. The zero-order valence-electron chi connectivity index (χ0n) is 19.0. The van der Waals surface area contributed by atoms with Crippen LogP contribution in [0, 0.1) is 0 Å². The third kappa shape index (κ3) is 5.07. The van der Waals surface area contributed by atoms with Gasteiger partial charge in [-0.1, -0.05) is 37.3 Å².